The third-order valence-corrected chi connectivity index (χ3v) is 2.45. The number of aromatic nitrogens is 2. The SMILES string of the molecule is Cc1nc2c(O)ccc(C(=O)O)c2n1C. The molecule has 0 radical (unpaired) electrons. The van der Waals surface area contributed by atoms with Crippen LogP contribution in [0.25, 0.3) is 11.0 Å². The van der Waals surface area contributed by atoms with Gasteiger partial charge in [-0.1, -0.05) is 0 Å². The highest BCUT2D eigenvalue weighted by atomic mass is 16.4. The summed E-state index contributed by atoms with van der Waals surface area (Å²) in [5.41, 5.74) is 0.917. The highest BCUT2D eigenvalue weighted by Gasteiger charge is 2.16. The first kappa shape index (κ1) is 9.51. The van der Waals surface area contributed by atoms with E-state index in [1.807, 2.05) is 0 Å². The molecule has 1 aromatic carbocycles. The predicted octanol–water partition coefficient (Wildman–Crippen LogP) is 1.29. The number of carbonyl (C=O) groups is 1. The maximum Gasteiger partial charge on any atom is 0.337 e. The van der Waals surface area contributed by atoms with Crippen LogP contribution in [-0.2, 0) is 7.05 Å². The van der Waals surface area contributed by atoms with Gasteiger partial charge in [0.05, 0.1) is 11.1 Å². The lowest BCUT2D eigenvalue weighted by atomic mass is 10.1. The third-order valence-electron chi connectivity index (χ3n) is 2.45. The van der Waals surface area contributed by atoms with Crippen LogP contribution in [0.1, 0.15) is 16.2 Å². The number of carboxylic acids is 1. The lowest BCUT2D eigenvalue weighted by Gasteiger charge is -2.02. The molecule has 5 nitrogen and oxygen atoms in total. The number of fused-ring (bicyclic) bond motifs is 1. The molecule has 0 fully saturated rings. The number of phenols is 1. The Kier molecular flexibility index (Phi) is 1.89. The number of hydrogen-bond acceptors (Lipinski definition) is 3. The van der Waals surface area contributed by atoms with Crippen molar-refractivity contribution in [3.05, 3.63) is 23.5 Å². The van der Waals surface area contributed by atoms with E-state index in [-0.39, 0.29) is 11.3 Å². The van der Waals surface area contributed by atoms with Crippen molar-refractivity contribution in [2.75, 3.05) is 0 Å². The molecular formula is C10H10N2O3. The van der Waals surface area contributed by atoms with Crippen LogP contribution in [0.5, 0.6) is 5.75 Å². The summed E-state index contributed by atoms with van der Waals surface area (Å²) in [6.07, 6.45) is 0. The molecule has 0 aliphatic rings. The Morgan fingerprint density at radius 2 is 2.13 bits per heavy atom. The van der Waals surface area contributed by atoms with Gasteiger partial charge in [-0.2, -0.15) is 0 Å². The van der Waals surface area contributed by atoms with Gasteiger partial charge in [-0.25, -0.2) is 9.78 Å². The molecule has 1 aromatic heterocycles. The molecule has 0 amide bonds. The van der Waals surface area contributed by atoms with Gasteiger partial charge in [0.1, 0.15) is 17.1 Å². The van der Waals surface area contributed by atoms with Gasteiger partial charge in [-0.15, -0.1) is 0 Å². The fourth-order valence-corrected chi connectivity index (χ4v) is 1.59. The largest absolute Gasteiger partial charge is 0.506 e. The Morgan fingerprint density at radius 1 is 1.47 bits per heavy atom. The minimum atomic E-state index is -1.02. The van der Waals surface area contributed by atoms with E-state index in [0.717, 1.165) is 0 Å². The van der Waals surface area contributed by atoms with E-state index in [0.29, 0.717) is 16.9 Å². The van der Waals surface area contributed by atoms with Crippen LogP contribution in [0, 0.1) is 6.92 Å². The molecule has 0 atom stereocenters. The first-order valence-corrected chi connectivity index (χ1v) is 4.40. The molecule has 0 unspecified atom stereocenters. The molecule has 0 bridgehead atoms. The van der Waals surface area contributed by atoms with Crippen molar-refractivity contribution in [1.82, 2.24) is 9.55 Å². The van der Waals surface area contributed by atoms with Crippen LogP contribution in [0.15, 0.2) is 12.1 Å². The number of aromatic carboxylic acids is 1. The van der Waals surface area contributed by atoms with Crippen molar-refractivity contribution in [3.63, 3.8) is 0 Å². The van der Waals surface area contributed by atoms with Crippen LogP contribution in [0.4, 0.5) is 0 Å². The molecular weight excluding hydrogens is 196 g/mol. The van der Waals surface area contributed by atoms with Crippen molar-refractivity contribution in [1.29, 1.82) is 0 Å². The van der Waals surface area contributed by atoms with Crippen molar-refractivity contribution >= 4 is 17.0 Å². The third kappa shape index (κ3) is 1.24. The van der Waals surface area contributed by atoms with Gasteiger partial charge in [0, 0.05) is 7.05 Å². The summed E-state index contributed by atoms with van der Waals surface area (Å²) < 4.78 is 1.65. The second kappa shape index (κ2) is 2.98. The Balaban J connectivity index is 2.96. The molecule has 78 valence electrons. The Bertz CT molecular complexity index is 557. The van der Waals surface area contributed by atoms with Crippen LogP contribution in [-0.4, -0.2) is 25.7 Å². The summed E-state index contributed by atoms with van der Waals surface area (Å²) in [6, 6.07) is 2.72. The van der Waals surface area contributed by atoms with Gasteiger partial charge in [0.25, 0.3) is 0 Å². The lowest BCUT2D eigenvalue weighted by Crippen LogP contribution is -2.01. The quantitative estimate of drug-likeness (QED) is 0.737. The summed E-state index contributed by atoms with van der Waals surface area (Å²) in [5, 5.41) is 18.5. The first-order valence-electron chi connectivity index (χ1n) is 4.40. The number of benzene rings is 1. The molecule has 1 heterocycles. The number of hydrogen-bond donors (Lipinski definition) is 2. The molecule has 0 saturated heterocycles. The molecule has 2 aromatic rings. The fraction of sp³-hybridized carbons (Fsp3) is 0.200. The van der Waals surface area contributed by atoms with Gasteiger partial charge < -0.3 is 14.8 Å². The average Bonchev–Trinajstić information content (AvgIpc) is 2.46. The average molecular weight is 206 g/mol. The highest BCUT2D eigenvalue weighted by Crippen LogP contribution is 2.27. The molecule has 15 heavy (non-hydrogen) atoms. The van der Waals surface area contributed by atoms with Crippen molar-refractivity contribution in [2.45, 2.75) is 6.92 Å². The van der Waals surface area contributed by atoms with Crippen molar-refractivity contribution < 1.29 is 15.0 Å². The molecule has 2 rings (SSSR count). The number of phenolic OH excluding ortho intramolecular Hbond substituents is 1. The zero-order chi connectivity index (χ0) is 11.2. The topological polar surface area (TPSA) is 75.3 Å². The minimum absolute atomic E-state index is 0.00120. The summed E-state index contributed by atoms with van der Waals surface area (Å²) in [5.74, 6) is -0.365. The van der Waals surface area contributed by atoms with Gasteiger partial charge in [0.2, 0.25) is 0 Å². The van der Waals surface area contributed by atoms with Crippen molar-refractivity contribution in [2.24, 2.45) is 7.05 Å². The maximum atomic E-state index is 11.0. The molecule has 5 heteroatoms. The molecule has 0 aliphatic heterocycles. The summed E-state index contributed by atoms with van der Waals surface area (Å²) >= 11 is 0. The highest BCUT2D eigenvalue weighted by molar-refractivity contribution is 6.02. The van der Waals surface area contributed by atoms with Gasteiger partial charge in [-0.05, 0) is 19.1 Å². The number of imidazole rings is 1. The molecule has 2 N–H and O–H groups in total. The van der Waals surface area contributed by atoms with Crippen molar-refractivity contribution in [3.8, 4) is 5.75 Å². The van der Waals surface area contributed by atoms with E-state index in [2.05, 4.69) is 4.98 Å². The van der Waals surface area contributed by atoms with Gasteiger partial charge in [0.15, 0.2) is 0 Å². The summed E-state index contributed by atoms with van der Waals surface area (Å²) in [6.45, 7) is 1.76. The second-order valence-electron chi connectivity index (χ2n) is 3.35. The fourth-order valence-electron chi connectivity index (χ4n) is 1.59. The normalized spacial score (nSPS) is 10.8. The molecule has 0 spiro atoms. The number of carboxylic acid groups (broad SMARTS) is 1. The zero-order valence-corrected chi connectivity index (χ0v) is 8.35. The van der Waals surface area contributed by atoms with Crippen LogP contribution < -0.4 is 0 Å². The summed E-state index contributed by atoms with van der Waals surface area (Å²) in [7, 11) is 1.72. The Labute approximate surface area is 85.6 Å². The van der Waals surface area contributed by atoms with E-state index in [1.165, 1.54) is 12.1 Å². The first-order chi connectivity index (χ1) is 7.02. The minimum Gasteiger partial charge on any atom is -0.506 e. The van der Waals surface area contributed by atoms with Crippen LogP contribution >= 0.6 is 0 Å². The van der Waals surface area contributed by atoms with Gasteiger partial charge >= 0.3 is 5.97 Å². The monoisotopic (exact) mass is 206 g/mol. The van der Waals surface area contributed by atoms with Gasteiger partial charge in [-0.3, -0.25) is 0 Å². The Hall–Kier alpha value is -2.04. The Morgan fingerprint density at radius 3 is 2.73 bits per heavy atom. The second-order valence-corrected chi connectivity index (χ2v) is 3.35. The van der Waals surface area contributed by atoms with Crippen LogP contribution in [0.3, 0.4) is 0 Å². The van der Waals surface area contributed by atoms with E-state index in [9.17, 15) is 9.90 Å². The van der Waals surface area contributed by atoms with E-state index in [1.54, 1.807) is 18.5 Å². The van der Waals surface area contributed by atoms with Crippen LogP contribution in [0.2, 0.25) is 0 Å². The number of aryl methyl sites for hydroxylation is 2. The van der Waals surface area contributed by atoms with E-state index < -0.39 is 5.97 Å². The molecule has 0 saturated carbocycles. The smallest absolute Gasteiger partial charge is 0.337 e. The number of rotatable bonds is 1. The summed E-state index contributed by atoms with van der Waals surface area (Å²) in [4.78, 5) is 15.1. The zero-order valence-electron chi connectivity index (χ0n) is 8.35. The predicted molar refractivity (Wildman–Crippen MR) is 54.1 cm³/mol. The van der Waals surface area contributed by atoms with E-state index in [4.69, 9.17) is 5.11 Å². The standard InChI is InChI=1S/C10H10N2O3/c1-5-11-8-7(13)4-3-6(10(14)15)9(8)12(5)2/h3-4,13H,1-2H3,(H,14,15). The maximum absolute atomic E-state index is 11.0. The number of aromatic hydroxyl groups is 1. The number of nitrogens with zero attached hydrogens (tertiary/aromatic N) is 2. The molecule has 0 aliphatic carbocycles. The lowest BCUT2D eigenvalue weighted by molar-refractivity contribution is 0.0698. The van der Waals surface area contributed by atoms with E-state index >= 15 is 0 Å².